The van der Waals surface area contributed by atoms with Crippen LogP contribution in [0.15, 0.2) is 59.5 Å². The van der Waals surface area contributed by atoms with Crippen LogP contribution in [-0.2, 0) is 17.9 Å². The van der Waals surface area contributed by atoms with Gasteiger partial charge in [0.2, 0.25) is 5.91 Å². The van der Waals surface area contributed by atoms with E-state index >= 15 is 0 Å². The molecule has 2 aromatic carbocycles. The minimum atomic E-state index is -0.376. The van der Waals surface area contributed by atoms with Crippen molar-refractivity contribution in [1.82, 2.24) is 24.6 Å². The molecule has 0 unspecified atom stereocenters. The van der Waals surface area contributed by atoms with Gasteiger partial charge in [0, 0.05) is 34.9 Å². The van der Waals surface area contributed by atoms with Gasteiger partial charge in [0.1, 0.15) is 17.9 Å². The van der Waals surface area contributed by atoms with Crippen LogP contribution in [0.3, 0.4) is 0 Å². The molecule has 4 aromatic rings. The van der Waals surface area contributed by atoms with Crippen molar-refractivity contribution in [3.8, 4) is 0 Å². The molecule has 2 heterocycles. The summed E-state index contributed by atoms with van der Waals surface area (Å²) >= 11 is 0. The highest BCUT2D eigenvalue weighted by molar-refractivity contribution is 6.07. The third-order valence-electron chi connectivity index (χ3n) is 6.00. The van der Waals surface area contributed by atoms with Crippen LogP contribution in [-0.4, -0.2) is 51.3 Å². The fourth-order valence-corrected chi connectivity index (χ4v) is 4.15. The van der Waals surface area contributed by atoms with Gasteiger partial charge < -0.3 is 14.8 Å². The number of carbonyl (C=O) groups is 1. The molecule has 8 heteroatoms. The number of hydrogen-bond acceptors (Lipinski definition) is 4. The van der Waals surface area contributed by atoms with E-state index in [2.05, 4.69) is 29.2 Å². The van der Waals surface area contributed by atoms with Gasteiger partial charge in [-0.25, -0.2) is 9.07 Å². The van der Waals surface area contributed by atoms with E-state index in [1.807, 2.05) is 28.8 Å². The molecule has 0 atom stereocenters. The Labute approximate surface area is 191 Å². The quantitative estimate of drug-likeness (QED) is 0.426. The summed E-state index contributed by atoms with van der Waals surface area (Å²) in [5.41, 5.74) is 1.33. The molecule has 0 saturated heterocycles. The SMILES string of the molecule is CCN(CC)CCNC(=O)Cn1ncc2c3ccccc3n(Cc3ccccc3F)c2c1=O. The number of nitrogens with one attached hydrogen (secondary N) is 1. The standard InChI is InChI=1S/C25H28FN5O2/c1-3-29(4-2)14-13-27-23(32)17-31-25(33)24-20(15-28-31)19-10-6-8-12-22(19)30(24)16-18-9-5-7-11-21(18)26/h5-12,15H,3-4,13-14,16-17H2,1-2H3,(H,27,32). The number of rotatable bonds is 9. The lowest BCUT2D eigenvalue weighted by Crippen LogP contribution is -2.38. The van der Waals surface area contributed by atoms with E-state index in [-0.39, 0.29) is 30.4 Å². The first-order valence-electron chi connectivity index (χ1n) is 11.2. The first-order valence-corrected chi connectivity index (χ1v) is 11.2. The summed E-state index contributed by atoms with van der Waals surface area (Å²) in [4.78, 5) is 28.1. The summed E-state index contributed by atoms with van der Waals surface area (Å²) in [6.07, 6.45) is 1.61. The third-order valence-corrected chi connectivity index (χ3v) is 6.00. The zero-order valence-electron chi connectivity index (χ0n) is 18.9. The molecule has 0 aliphatic rings. The van der Waals surface area contributed by atoms with E-state index < -0.39 is 0 Å². The number of benzene rings is 2. The maximum atomic E-state index is 14.4. The first-order chi connectivity index (χ1) is 16.0. The summed E-state index contributed by atoms with van der Waals surface area (Å²) in [5, 5.41) is 8.66. The molecule has 0 aliphatic carbocycles. The van der Waals surface area contributed by atoms with Crippen LogP contribution in [0.1, 0.15) is 19.4 Å². The summed E-state index contributed by atoms with van der Waals surface area (Å²) in [6, 6.07) is 14.1. The number of nitrogens with zero attached hydrogens (tertiary/aromatic N) is 4. The first kappa shape index (κ1) is 22.7. The van der Waals surface area contributed by atoms with E-state index in [9.17, 15) is 14.0 Å². The van der Waals surface area contributed by atoms with Crippen molar-refractivity contribution in [2.75, 3.05) is 26.2 Å². The maximum absolute atomic E-state index is 14.4. The largest absolute Gasteiger partial charge is 0.353 e. The van der Waals surface area contributed by atoms with Gasteiger partial charge in [-0.2, -0.15) is 5.10 Å². The zero-order valence-corrected chi connectivity index (χ0v) is 18.9. The van der Waals surface area contributed by atoms with E-state index in [4.69, 9.17) is 0 Å². The lowest BCUT2D eigenvalue weighted by atomic mass is 10.2. The monoisotopic (exact) mass is 449 g/mol. The molecule has 0 radical (unpaired) electrons. The Kier molecular flexibility index (Phi) is 6.84. The second kappa shape index (κ2) is 9.95. The molecule has 172 valence electrons. The van der Waals surface area contributed by atoms with E-state index in [1.54, 1.807) is 24.4 Å². The van der Waals surface area contributed by atoms with E-state index in [0.717, 1.165) is 30.5 Å². The maximum Gasteiger partial charge on any atom is 0.291 e. The van der Waals surface area contributed by atoms with Crippen LogP contribution in [0.4, 0.5) is 4.39 Å². The Hall–Kier alpha value is -3.52. The third kappa shape index (κ3) is 4.66. The zero-order chi connectivity index (χ0) is 23.4. The van der Waals surface area contributed by atoms with Crippen molar-refractivity contribution >= 4 is 27.7 Å². The lowest BCUT2D eigenvalue weighted by Gasteiger charge is -2.18. The van der Waals surface area contributed by atoms with Gasteiger partial charge in [-0.15, -0.1) is 0 Å². The van der Waals surface area contributed by atoms with Crippen molar-refractivity contribution < 1.29 is 9.18 Å². The van der Waals surface area contributed by atoms with Crippen LogP contribution in [0.25, 0.3) is 21.8 Å². The van der Waals surface area contributed by atoms with Gasteiger partial charge in [-0.3, -0.25) is 9.59 Å². The Morgan fingerprint density at radius 3 is 2.55 bits per heavy atom. The van der Waals surface area contributed by atoms with Crippen molar-refractivity contribution in [3.63, 3.8) is 0 Å². The van der Waals surface area contributed by atoms with Crippen molar-refractivity contribution in [2.45, 2.75) is 26.9 Å². The highest BCUT2D eigenvalue weighted by atomic mass is 19.1. The lowest BCUT2D eigenvalue weighted by molar-refractivity contribution is -0.121. The predicted octanol–water partition coefficient (Wildman–Crippen LogP) is 3.00. The molecule has 2 aromatic heterocycles. The molecule has 33 heavy (non-hydrogen) atoms. The Bertz CT molecular complexity index is 1340. The fourth-order valence-electron chi connectivity index (χ4n) is 4.15. The molecule has 0 saturated carbocycles. The number of halogens is 1. The second-order valence-corrected chi connectivity index (χ2v) is 7.94. The van der Waals surface area contributed by atoms with Crippen LogP contribution < -0.4 is 10.9 Å². The summed E-state index contributed by atoms with van der Waals surface area (Å²) in [7, 11) is 0. The number of likely N-dealkylation sites (N-methyl/N-ethyl adjacent to an activating group) is 1. The van der Waals surface area contributed by atoms with Gasteiger partial charge >= 0.3 is 0 Å². The molecule has 0 fully saturated rings. The summed E-state index contributed by atoms with van der Waals surface area (Å²) < 4.78 is 17.4. The number of para-hydroxylation sites is 1. The second-order valence-electron chi connectivity index (χ2n) is 7.94. The fraction of sp³-hybridized carbons (Fsp3) is 0.320. The van der Waals surface area contributed by atoms with Crippen molar-refractivity contribution in [2.24, 2.45) is 0 Å². The molecule has 0 spiro atoms. The smallest absolute Gasteiger partial charge is 0.291 e. The Balaban J connectivity index is 1.68. The van der Waals surface area contributed by atoms with Crippen LogP contribution in [0, 0.1) is 5.82 Å². The minimum absolute atomic E-state index is 0.172. The Morgan fingerprint density at radius 1 is 1.06 bits per heavy atom. The minimum Gasteiger partial charge on any atom is -0.353 e. The summed E-state index contributed by atoms with van der Waals surface area (Å²) in [5.74, 6) is -0.599. The van der Waals surface area contributed by atoms with E-state index in [0.29, 0.717) is 23.0 Å². The number of fused-ring (bicyclic) bond motifs is 3. The molecule has 1 N–H and O–H groups in total. The normalized spacial score (nSPS) is 11.5. The number of hydrogen-bond donors (Lipinski definition) is 1. The molecule has 0 aliphatic heterocycles. The molecular weight excluding hydrogens is 421 g/mol. The van der Waals surface area contributed by atoms with Gasteiger partial charge in [0.25, 0.3) is 5.56 Å². The number of carbonyl (C=O) groups excluding carboxylic acids is 1. The molecule has 4 rings (SSSR count). The average Bonchev–Trinajstić information content (AvgIpc) is 3.14. The van der Waals surface area contributed by atoms with Crippen LogP contribution in [0.2, 0.25) is 0 Å². The van der Waals surface area contributed by atoms with E-state index in [1.165, 1.54) is 10.7 Å². The molecular formula is C25H28FN5O2. The summed E-state index contributed by atoms with van der Waals surface area (Å²) in [6.45, 7) is 7.25. The highest BCUT2D eigenvalue weighted by Gasteiger charge is 2.18. The van der Waals surface area contributed by atoms with Crippen molar-refractivity contribution in [3.05, 3.63) is 76.5 Å². The average molecular weight is 450 g/mol. The molecule has 7 nitrogen and oxygen atoms in total. The number of amides is 1. The highest BCUT2D eigenvalue weighted by Crippen LogP contribution is 2.27. The molecule has 0 bridgehead atoms. The Morgan fingerprint density at radius 2 is 1.79 bits per heavy atom. The van der Waals surface area contributed by atoms with Crippen molar-refractivity contribution in [1.29, 1.82) is 0 Å². The van der Waals surface area contributed by atoms with Gasteiger partial charge in [0.05, 0.1) is 12.7 Å². The predicted molar refractivity (Wildman–Crippen MR) is 128 cm³/mol. The van der Waals surface area contributed by atoms with Gasteiger partial charge in [-0.05, 0) is 25.2 Å². The van der Waals surface area contributed by atoms with Crippen LogP contribution >= 0.6 is 0 Å². The van der Waals surface area contributed by atoms with Gasteiger partial charge in [0.15, 0.2) is 0 Å². The number of aromatic nitrogens is 3. The molecule has 1 amide bonds. The van der Waals surface area contributed by atoms with Crippen LogP contribution in [0.5, 0.6) is 0 Å². The topological polar surface area (TPSA) is 72.2 Å². The van der Waals surface area contributed by atoms with Gasteiger partial charge in [-0.1, -0.05) is 50.2 Å².